The first-order valence-corrected chi connectivity index (χ1v) is 10.4. The molecule has 2 saturated heterocycles. The number of amides is 2. The third kappa shape index (κ3) is 3.83. The number of nitrogens with one attached hydrogen (secondary N) is 1. The van der Waals surface area contributed by atoms with Gasteiger partial charge in [-0.15, -0.1) is 11.3 Å². The zero-order chi connectivity index (χ0) is 20.4. The molecule has 1 N–H and O–H groups in total. The predicted molar refractivity (Wildman–Crippen MR) is 107 cm³/mol. The summed E-state index contributed by atoms with van der Waals surface area (Å²) in [6, 6.07) is 3.29. The Morgan fingerprint density at radius 1 is 1.28 bits per heavy atom. The van der Waals surface area contributed by atoms with Gasteiger partial charge in [0.15, 0.2) is 5.66 Å². The average Bonchev–Trinajstić information content (AvgIpc) is 3.33. The van der Waals surface area contributed by atoms with Gasteiger partial charge in [-0.1, -0.05) is 23.8 Å². The molecule has 0 spiro atoms. The fourth-order valence-electron chi connectivity index (χ4n) is 3.73. The van der Waals surface area contributed by atoms with Crippen molar-refractivity contribution in [2.75, 3.05) is 39.4 Å². The predicted octanol–water partition coefficient (Wildman–Crippen LogP) is 1.68. The molecular weight excluding hydrogens is 418 g/mol. The molecule has 1 aliphatic carbocycles. The van der Waals surface area contributed by atoms with E-state index >= 15 is 0 Å². The van der Waals surface area contributed by atoms with Crippen LogP contribution >= 0.6 is 22.9 Å². The van der Waals surface area contributed by atoms with Crippen molar-refractivity contribution in [3.63, 3.8) is 0 Å². The number of thiophene rings is 1. The van der Waals surface area contributed by atoms with E-state index in [-0.39, 0.29) is 24.8 Å². The number of hydrogen-bond donors (Lipinski definition) is 1. The molecule has 2 atom stereocenters. The number of rotatable bonds is 5. The topological polar surface area (TPSA) is 88.2 Å². The number of allylic oxidation sites excluding steroid dienone is 2. The number of ketones is 1. The zero-order valence-electron chi connectivity index (χ0n) is 15.5. The SMILES string of the molecule is O=C(NC[C@H]1CN(C2(N3CCOCC3)C=CC=CC2=O)C(=O)O1)c1ccc(Cl)s1. The van der Waals surface area contributed by atoms with Gasteiger partial charge in [0, 0.05) is 13.1 Å². The monoisotopic (exact) mass is 437 g/mol. The molecule has 2 aliphatic heterocycles. The molecule has 0 radical (unpaired) electrons. The van der Waals surface area contributed by atoms with Crippen LogP contribution in [0.2, 0.25) is 4.34 Å². The molecule has 1 aromatic rings. The first-order valence-electron chi connectivity index (χ1n) is 9.25. The molecule has 154 valence electrons. The lowest BCUT2D eigenvalue weighted by Crippen LogP contribution is -2.67. The van der Waals surface area contributed by atoms with Crippen molar-refractivity contribution in [3.8, 4) is 0 Å². The molecular formula is C19H20ClN3O5S. The Morgan fingerprint density at radius 3 is 2.76 bits per heavy atom. The lowest BCUT2D eigenvalue weighted by Gasteiger charge is -2.46. The lowest BCUT2D eigenvalue weighted by atomic mass is 9.94. The van der Waals surface area contributed by atoms with Gasteiger partial charge in [0.2, 0.25) is 5.78 Å². The van der Waals surface area contributed by atoms with Gasteiger partial charge in [-0.2, -0.15) is 0 Å². The number of halogens is 1. The van der Waals surface area contributed by atoms with Gasteiger partial charge in [0.25, 0.3) is 5.91 Å². The molecule has 2 amide bonds. The molecule has 3 heterocycles. The number of hydrogen-bond acceptors (Lipinski definition) is 7. The summed E-state index contributed by atoms with van der Waals surface area (Å²) in [5.41, 5.74) is -1.23. The van der Waals surface area contributed by atoms with E-state index in [4.69, 9.17) is 21.1 Å². The number of carbonyl (C=O) groups excluding carboxylic acids is 3. The molecule has 0 bridgehead atoms. The summed E-state index contributed by atoms with van der Waals surface area (Å²) in [5.74, 6) is -0.479. The van der Waals surface area contributed by atoms with Crippen molar-refractivity contribution in [2.45, 2.75) is 11.8 Å². The van der Waals surface area contributed by atoms with Crippen LogP contribution in [0, 0.1) is 0 Å². The minimum absolute atomic E-state index is 0.142. The smallest absolute Gasteiger partial charge is 0.412 e. The van der Waals surface area contributed by atoms with Crippen LogP contribution in [-0.2, 0) is 14.3 Å². The highest BCUT2D eigenvalue weighted by Gasteiger charge is 2.53. The molecule has 1 aromatic heterocycles. The Balaban J connectivity index is 1.48. The highest BCUT2D eigenvalue weighted by Crippen LogP contribution is 2.32. The second kappa shape index (κ2) is 8.27. The van der Waals surface area contributed by atoms with Crippen LogP contribution in [-0.4, -0.2) is 78.7 Å². The van der Waals surface area contributed by atoms with E-state index in [2.05, 4.69) is 5.32 Å². The Bertz CT molecular complexity index is 879. The Labute approximate surface area is 176 Å². The van der Waals surface area contributed by atoms with Gasteiger partial charge < -0.3 is 14.8 Å². The van der Waals surface area contributed by atoms with E-state index in [1.165, 1.54) is 22.3 Å². The van der Waals surface area contributed by atoms with Crippen molar-refractivity contribution < 1.29 is 23.9 Å². The number of carbonyl (C=O) groups is 3. The minimum atomic E-state index is -1.23. The normalized spacial score (nSPS) is 27.3. The van der Waals surface area contributed by atoms with Crippen LogP contribution in [0.1, 0.15) is 9.67 Å². The molecule has 8 nitrogen and oxygen atoms in total. The number of morpholine rings is 1. The minimum Gasteiger partial charge on any atom is -0.442 e. The Kier molecular flexibility index (Phi) is 5.73. The third-order valence-electron chi connectivity index (χ3n) is 5.12. The standard InChI is InChI=1S/C19H20ClN3O5S/c20-16-5-4-14(29-16)17(25)21-11-13-12-23(18(26)28-13)19(6-2-1-3-15(19)24)22-7-9-27-10-8-22/h1-6,13H,7-12H2,(H,21,25)/t13-,19?/m0/s1. The van der Waals surface area contributed by atoms with Crippen molar-refractivity contribution in [1.82, 2.24) is 15.1 Å². The first-order chi connectivity index (χ1) is 14.0. The maximum Gasteiger partial charge on any atom is 0.412 e. The van der Waals surface area contributed by atoms with Crippen LogP contribution in [0.4, 0.5) is 4.79 Å². The van der Waals surface area contributed by atoms with Crippen molar-refractivity contribution in [2.24, 2.45) is 0 Å². The molecule has 3 aliphatic rings. The highest BCUT2D eigenvalue weighted by atomic mass is 35.5. The van der Waals surface area contributed by atoms with Crippen molar-refractivity contribution in [1.29, 1.82) is 0 Å². The molecule has 0 aromatic carbocycles. The number of ether oxygens (including phenoxy) is 2. The maximum absolute atomic E-state index is 13.0. The van der Waals surface area contributed by atoms with E-state index < -0.39 is 17.9 Å². The quantitative estimate of drug-likeness (QED) is 0.754. The number of nitrogens with zero attached hydrogens (tertiary/aromatic N) is 2. The summed E-state index contributed by atoms with van der Waals surface area (Å²) in [5, 5.41) is 2.76. The van der Waals surface area contributed by atoms with Crippen LogP contribution in [0.15, 0.2) is 36.4 Å². The Morgan fingerprint density at radius 2 is 2.07 bits per heavy atom. The van der Waals surface area contributed by atoms with E-state index in [1.54, 1.807) is 30.4 Å². The van der Waals surface area contributed by atoms with E-state index in [1.807, 2.05) is 4.90 Å². The first kappa shape index (κ1) is 20.1. The van der Waals surface area contributed by atoms with Crippen LogP contribution in [0.3, 0.4) is 0 Å². The molecule has 1 unspecified atom stereocenters. The third-order valence-corrected chi connectivity index (χ3v) is 6.35. The van der Waals surface area contributed by atoms with E-state index in [9.17, 15) is 14.4 Å². The van der Waals surface area contributed by atoms with Crippen LogP contribution < -0.4 is 5.32 Å². The largest absolute Gasteiger partial charge is 0.442 e. The maximum atomic E-state index is 13.0. The second-order valence-electron chi connectivity index (χ2n) is 6.84. The molecule has 10 heteroatoms. The summed E-state index contributed by atoms with van der Waals surface area (Å²) >= 11 is 7.04. The van der Waals surface area contributed by atoms with Gasteiger partial charge in [0.1, 0.15) is 6.10 Å². The van der Waals surface area contributed by atoms with E-state index in [0.717, 1.165) is 0 Å². The molecule has 2 fully saturated rings. The summed E-state index contributed by atoms with van der Waals surface area (Å²) in [4.78, 5) is 41.8. The molecule has 29 heavy (non-hydrogen) atoms. The van der Waals surface area contributed by atoms with Crippen LogP contribution in [0.5, 0.6) is 0 Å². The van der Waals surface area contributed by atoms with Gasteiger partial charge in [-0.25, -0.2) is 4.79 Å². The van der Waals surface area contributed by atoms with Gasteiger partial charge in [-0.05, 0) is 24.3 Å². The molecule has 4 rings (SSSR count). The van der Waals surface area contributed by atoms with Crippen molar-refractivity contribution >= 4 is 40.7 Å². The van der Waals surface area contributed by atoms with E-state index in [0.29, 0.717) is 35.5 Å². The van der Waals surface area contributed by atoms with Gasteiger partial charge in [0.05, 0.1) is 35.5 Å². The zero-order valence-corrected chi connectivity index (χ0v) is 17.1. The summed E-state index contributed by atoms with van der Waals surface area (Å²) in [6.07, 6.45) is 5.48. The average molecular weight is 438 g/mol. The second-order valence-corrected chi connectivity index (χ2v) is 8.55. The summed E-state index contributed by atoms with van der Waals surface area (Å²) < 4.78 is 11.4. The number of cyclic esters (lactones) is 1. The summed E-state index contributed by atoms with van der Waals surface area (Å²) in [6.45, 7) is 2.34. The van der Waals surface area contributed by atoms with Gasteiger partial charge >= 0.3 is 6.09 Å². The summed E-state index contributed by atoms with van der Waals surface area (Å²) in [7, 11) is 0. The van der Waals surface area contributed by atoms with Crippen molar-refractivity contribution in [3.05, 3.63) is 45.7 Å². The van der Waals surface area contributed by atoms with Gasteiger partial charge in [-0.3, -0.25) is 19.4 Å². The molecule has 0 saturated carbocycles. The Hall–Kier alpha value is -2.20. The fraction of sp³-hybridized carbons (Fsp3) is 0.421. The fourth-order valence-corrected chi connectivity index (χ4v) is 4.69. The highest BCUT2D eigenvalue weighted by molar-refractivity contribution is 7.17. The lowest BCUT2D eigenvalue weighted by molar-refractivity contribution is -0.136. The van der Waals surface area contributed by atoms with Crippen LogP contribution in [0.25, 0.3) is 0 Å².